The predicted molar refractivity (Wildman–Crippen MR) is 83.8 cm³/mol. The fraction of sp³-hybridized carbons (Fsp3) is 0.500. The molecule has 0 unspecified atom stereocenters. The van der Waals surface area contributed by atoms with Crippen molar-refractivity contribution in [2.75, 3.05) is 6.61 Å². The molecule has 0 aliphatic carbocycles. The molecule has 0 aromatic rings. The van der Waals surface area contributed by atoms with Crippen molar-refractivity contribution in [3.8, 4) is 23.7 Å². The molecule has 0 rings (SSSR count). The first kappa shape index (κ1) is 18.2. The van der Waals surface area contributed by atoms with E-state index in [1.165, 1.54) is 12.2 Å². The van der Waals surface area contributed by atoms with Gasteiger partial charge in [-0.3, -0.25) is 4.79 Å². The lowest BCUT2D eigenvalue weighted by atomic mass is 9.86. The number of allylic oxidation sites excluding steroid dienone is 3. The maximum atomic E-state index is 10.1. The van der Waals surface area contributed by atoms with E-state index in [0.717, 1.165) is 5.57 Å². The van der Waals surface area contributed by atoms with Crippen LogP contribution in [0.15, 0.2) is 23.8 Å². The minimum absolute atomic E-state index is 0.0197. The molecule has 0 atom stereocenters. The topological polar surface area (TPSA) is 37.3 Å². The summed E-state index contributed by atoms with van der Waals surface area (Å²) in [4.78, 5) is 10.1. The van der Waals surface area contributed by atoms with Crippen LogP contribution >= 0.6 is 0 Å². The van der Waals surface area contributed by atoms with Crippen LogP contribution in [0, 0.1) is 34.5 Å². The molecule has 1 N–H and O–H groups in total. The van der Waals surface area contributed by atoms with E-state index in [4.69, 9.17) is 0 Å². The smallest absolute Gasteiger partial charge is 0.143 e. The van der Waals surface area contributed by atoms with Crippen molar-refractivity contribution in [1.29, 1.82) is 0 Å². The number of hydrogen-bond donors (Lipinski definition) is 1. The maximum Gasteiger partial charge on any atom is 0.143 e. The molecular formula is C18H24O2. The average Bonchev–Trinajstić information content (AvgIpc) is 2.32. The van der Waals surface area contributed by atoms with Gasteiger partial charge in [0.2, 0.25) is 0 Å². The average molecular weight is 272 g/mol. The summed E-state index contributed by atoms with van der Waals surface area (Å²) in [5, 5.41) is 9.38. The van der Waals surface area contributed by atoms with E-state index in [2.05, 4.69) is 23.7 Å². The standard InChI is InChI=1S/C18H24O2/c1-17(2,3)11-9-10-16(15-20)14-18(4,5)12-7-6-8-13-19/h6,8,10,13,20H,14-15H2,1-5H3. The van der Waals surface area contributed by atoms with Gasteiger partial charge in [0.25, 0.3) is 0 Å². The van der Waals surface area contributed by atoms with Crippen LogP contribution in [0.3, 0.4) is 0 Å². The Hall–Kier alpha value is -1.77. The molecule has 0 bridgehead atoms. The van der Waals surface area contributed by atoms with Crippen molar-refractivity contribution >= 4 is 6.29 Å². The van der Waals surface area contributed by atoms with Crippen molar-refractivity contribution in [2.45, 2.75) is 41.0 Å². The largest absolute Gasteiger partial charge is 0.392 e. The Morgan fingerprint density at radius 1 is 1.10 bits per heavy atom. The predicted octanol–water partition coefficient (Wildman–Crippen LogP) is 3.13. The van der Waals surface area contributed by atoms with Gasteiger partial charge in [0.05, 0.1) is 6.61 Å². The van der Waals surface area contributed by atoms with Gasteiger partial charge in [-0.05, 0) is 64.8 Å². The monoisotopic (exact) mass is 272 g/mol. The van der Waals surface area contributed by atoms with E-state index in [9.17, 15) is 9.90 Å². The molecule has 2 nitrogen and oxygen atoms in total. The number of rotatable bonds is 4. The van der Waals surface area contributed by atoms with Crippen LogP contribution in [-0.4, -0.2) is 18.0 Å². The summed E-state index contributed by atoms with van der Waals surface area (Å²) in [5.41, 5.74) is 0.539. The zero-order valence-electron chi connectivity index (χ0n) is 13.1. The van der Waals surface area contributed by atoms with Crippen molar-refractivity contribution in [3.05, 3.63) is 23.8 Å². The van der Waals surface area contributed by atoms with Gasteiger partial charge in [-0.1, -0.05) is 23.7 Å². The van der Waals surface area contributed by atoms with Crippen LogP contribution in [0.1, 0.15) is 41.0 Å². The normalized spacial score (nSPS) is 12.4. The summed E-state index contributed by atoms with van der Waals surface area (Å²) in [6, 6.07) is 0. The Bertz CT molecular complexity index is 491. The van der Waals surface area contributed by atoms with Crippen LogP contribution in [0.4, 0.5) is 0 Å². The lowest BCUT2D eigenvalue weighted by molar-refractivity contribution is -0.104. The fourth-order valence-electron chi connectivity index (χ4n) is 1.44. The van der Waals surface area contributed by atoms with Crippen molar-refractivity contribution < 1.29 is 9.90 Å². The summed E-state index contributed by atoms with van der Waals surface area (Å²) in [6.45, 7) is 10.1. The SMILES string of the molecule is CC(C)(C)C#CC=C(CO)CC(C)(C)C#CC=CC=O. The molecule has 0 aliphatic heterocycles. The van der Waals surface area contributed by atoms with E-state index in [-0.39, 0.29) is 17.4 Å². The maximum absolute atomic E-state index is 10.1. The number of hydrogen-bond acceptors (Lipinski definition) is 2. The van der Waals surface area contributed by atoms with Gasteiger partial charge in [-0.25, -0.2) is 0 Å². The quantitative estimate of drug-likeness (QED) is 0.485. The highest BCUT2D eigenvalue weighted by molar-refractivity contribution is 5.65. The Kier molecular flexibility index (Phi) is 7.67. The molecule has 108 valence electrons. The van der Waals surface area contributed by atoms with Crippen molar-refractivity contribution in [1.82, 2.24) is 0 Å². The van der Waals surface area contributed by atoms with Crippen LogP contribution in [0.2, 0.25) is 0 Å². The number of aliphatic hydroxyl groups excluding tert-OH is 1. The van der Waals surface area contributed by atoms with Crippen LogP contribution < -0.4 is 0 Å². The molecule has 0 saturated carbocycles. The zero-order chi connectivity index (χ0) is 15.6. The summed E-state index contributed by atoms with van der Waals surface area (Å²) in [7, 11) is 0. The molecule has 0 saturated heterocycles. The lowest BCUT2D eigenvalue weighted by Crippen LogP contribution is -2.11. The molecule has 0 aliphatic rings. The highest BCUT2D eigenvalue weighted by Crippen LogP contribution is 2.24. The molecule has 0 spiro atoms. The Labute approximate surface area is 123 Å². The summed E-state index contributed by atoms with van der Waals surface area (Å²) in [5.74, 6) is 12.0. The highest BCUT2D eigenvalue weighted by Gasteiger charge is 2.16. The third-order valence-electron chi connectivity index (χ3n) is 2.26. The van der Waals surface area contributed by atoms with Crippen molar-refractivity contribution in [2.24, 2.45) is 10.8 Å². The van der Waals surface area contributed by atoms with E-state index in [1.54, 1.807) is 6.08 Å². The van der Waals surface area contributed by atoms with E-state index in [0.29, 0.717) is 12.7 Å². The second kappa shape index (κ2) is 8.41. The highest BCUT2D eigenvalue weighted by atomic mass is 16.3. The molecule has 0 aromatic carbocycles. The van der Waals surface area contributed by atoms with Gasteiger partial charge < -0.3 is 5.11 Å². The molecule has 0 radical (unpaired) electrons. The first-order valence-electron chi connectivity index (χ1n) is 6.65. The van der Waals surface area contributed by atoms with Gasteiger partial charge >= 0.3 is 0 Å². The molecule has 20 heavy (non-hydrogen) atoms. The molecular weight excluding hydrogens is 248 g/mol. The van der Waals surface area contributed by atoms with Gasteiger partial charge in [-0.15, -0.1) is 0 Å². The van der Waals surface area contributed by atoms with Gasteiger partial charge in [-0.2, -0.15) is 0 Å². The van der Waals surface area contributed by atoms with E-state index >= 15 is 0 Å². The Morgan fingerprint density at radius 2 is 1.75 bits per heavy atom. The minimum Gasteiger partial charge on any atom is -0.392 e. The minimum atomic E-state index is -0.273. The van der Waals surface area contributed by atoms with E-state index < -0.39 is 0 Å². The van der Waals surface area contributed by atoms with Gasteiger partial charge in [0.15, 0.2) is 0 Å². The number of aliphatic hydroxyl groups is 1. The molecule has 0 fully saturated rings. The summed E-state index contributed by atoms with van der Waals surface area (Å²) < 4.78 is 0. The fourth-order valence-corrected chi connectivity index (χ4v) is 1.44. The molecule has 0 heterocycles. The van der Waals surface area contributed by atoms with Crippen LogP contribution in [-0.2, 0) is 4.79 Å². The second-order valence-electron chi connectivity index (χ2n) is 6.31. The summed E-state index contributed by atoms with van der Waals surface area (Å²) in [6.07, 6.45) is 6.00. The van der Waals surface area contributed by atoms with Crippen molar-refractivity contribution in [3.63, 3.8) is 0 Å². The lowest BCUT2D eigenvalue weighted by Gasteiger charge is -2.18. The first-order valence-corrected chi connectivity index (χ1v) is 6.65. The number of carbonyl (C=O) groups excluding carboxylic acids is 1. The van der Waals surface area contributed by atoms with E-state index in [1.807, 2.05) is 34.6 Å². The second-order valence-corrected chi connectivity index (χ2v) is 6.31. The van der Waals surface area contributed by atoms with Gasteiger partial charge in [0, 0.05) is 10.8 Å². The first-order chi connectivity index (χ1) is 9.20. The van der Waals surface area contributed by atoms with Gasteiger partial charge in [0.1, 0.15) is 6.29 Å². The Balaban J connectivity index is 4.88. The summed E-state index contributed by atoms with van der Waals surface area (Å²) >= 11 is 0. The Morgan fingerprint density at radius 3 is 2.25 bits per heavy atom. The van der Waals surface area contributed by atoms with Crippen LogP contribution in [0.25, 0.3) is 0 Å². The zero-order valence-corrected chi connectivity index (χ0v) is 13.1. The van der Waals surface area contributed by atoms with Crippen LogP contribution in [0.5, 0.6) is 0 Å². The molecule has 2 heteroatoms. The number of carbonyl (C=O) groups is 1. The third-order valence-corrected chi connectivity index (χ3v) is 2.26. The third kappa shape index (κ3) is 10.2. The molecule has 0 amide bonds. The molecule has 0 aromatic heterocycles. The number of aldehydes is 1.